The molecule has 0 amide bonds. The maximum Gasteiger partial charge on any atom is 0.262 e. The van der Waals surface area contributed by atoms with Gasteiger partial charge in [-0.15, -0.1) is 10.2 Å². The lowest BCUT2D eigenvalue weighted by Gasteiger charge is -2.13. The van der Waals surface area contributed by atoms with Crippen molar-refractivity contribution in [3.8, 4) is 0 Å². The van der Waals surface area contributed by atoms with E-state index in [1.165, 1.54) is 11.8 Å². The Morgan fingerprint density at radius 1 is 0.829 bits per heavy atom. The van der Waals surface area contributed by atoms with Gasteiger partial charge in [-0.3, -0.25) is 23.1 Å². The van der Waals surface area contributed by atoms with Crippen molar-refractivity contribution in [1.82, 2.24) is 28.7 Å². The summed E-state index contributed by atoms with van der Waals surface area (Å²) in [5.74, 6) is 1.70. The number of hydrogen-bond acceptors (Lipinski definition) is 6. The van der Waals surface area contributed by atoms with Gasteiger partial charge in [0.2, 0.25) is 5.78 Å². The molecule has 5 rings (SSSR count). The number of fused-ring (bicyclic) bond motifs is 4. The zero-order valence-electron chi connectivity index (χ0n) is 20.0. The molecule has 3 aromatic heterocycles. The molecule has 5 aromatic rings. The first-order chi connectivity index (χ1) is 17.1. The average Bonchev–Trinajstić information content (AvgIpc) is 3.31. The molecule has 180 valence electrons. The Morgan fingerprint density at radius 3 is 2.37 bits per heavy atom. The molecule has 8 nitrogen and oxygen atoms in total. The number of aromatic nitrogens is 6. The summed E-state index contributed by atoms with van der Waals surface area (Å²) in [6.07, 6.45) is 4.30. The molecule has 0 aliphatic heterocycles. The van der Waals surface area contributed by atoms with Gasteiger partial charge < -0.3 is 0 Å². The van der Waals surface area contributed by atoms with Crippen molar-refractivity contribution in [2.45, 2.75) is 63.5 Å². The van der Waals surface area contributed by atoms with Gasteiger partial charge in [-0.05, 0) is 37.6 Å². The van der Waals surface area contributed by atoms with E-state index < -0.39 is 0 Å². The number of unbranched alkanes of at least 4 members (excludes halogenated alkanes) is 3. The van der Waals surface area contributed by atoms with Crippen molar-refractivity contribution in [3.63, 3.8) is 0 Å². The van der Waals surface area contributed by atoms with Gasteiger partial charge in [-0.25, -0.2) is 4.98 Å². The van der Waals surface area contributed by atoms with E-state index in [0.717, 1.165) is 31.2 Å². The number of hydrogen-bond donors (Lipinski definition) is 0. The smallest absolute Gasteiger partial charge is 0.262 e. The number of thioether (sulfide) groups is 1. The predicted molar refractivity (Wildman–Crippen MR) is 140 cm³/mol. The van der Waals surface area contributed by atoms with Crippen molar-refractivity contribution in [2.24, 2.45) is 0 Å². The van der Waals surface area contributed by atoms with Gasteiger partial charge in [0.1, 0.15) is 5.82 Å². The molecule has 0 atom stereocenters. The van der Waals surface area contributed by atoms with Gasteiger partial charge >= 0.3 is 0 Å². The van der Waals surface area contributed by atoms with Crippen molar-refractivity contribution in [3.05, 3.63) is 75.1 Å². The molecule has 0 spiro atoms. The summed E-state index contributed by atoms with van der Waals surface area (Å²) in [4.78, 5) is 31.1. The van der Waals surface area contributed by atoms with E-state index in [4.69, 9.17) is 4.98 Å². The van der Waals surface area contributed by atoms with Crippen LogP contribution in [0.5, 0.6) is 0 Å². The Morgan fingerprint density at radius 2 is 1.57 bits per heavy atom. The topological polar surface area (TPSA) is 87.1 Å². The highest BCUT2D eigenvalue weighted by atomic mass is 32.2. The third-order valence-electron chi connectivity index (χ3n) is 6.28. The highest BCUT2D eigenvalue weighted by Gasteiger charge is 2.17. The third-order valence-corrected chi connectivity index (χ3v) is 7.26. The van der Waals surface area contributed by atoms with Gasteiger partial charge in [0.15, 0.2) is 5.16 Å². The minimum absolute atomic E-state index is 0.00836. The summed E-state index contributed by atoms with van der Waals surface area (Å²) in [5, 5.41) is 10.7. The number of para-hydroxylation sites is 2. The monoisotopic (exact) mass is 488 g/mol. The molecule has 0 unspecified atom stereocenters. The summed E-state index contributed by atoms with van der Waals surface area (Å²) >= 11 is 1.48. The van der Waals surface area contributed by atoms with Crippen molar-refractivity contribution < 1.29 is 0 Å². The fourth-order valence-electron chi connectivity index (χ4n) is 4.47. The standard InChI is InChI=1S/C26H28N6O2S/c1-3-5-6-11-16-31-23(33)18-12-7-9-14-20(18)27-26(31)35-17-22-28-29-25-30(4-2)24(34)19-13-8-10-15-21(19)32(22)25/h7-10,12-15H,3-6,11,16-17H2,1-2H3. The molecule has 0 bridgehead atoms. The zero-order valence-corrected chi connectivity index (χ0v) is 20.8. The minimum atomic E-state index is -0.0701. The zero-order chi connectivity index (χ0) is 24.4. The first-order valence-corrected chi connectivity index (χ1v) is 13.1. The van der Waals surface area contributed by atoms with Crippen LogP contribution in [0.2, 0.25) is 0 Å². The lowest BCUT2D eigenvalue weighted by atomic mass is 10.2. The van der Waals surface area contributed by atoms with Crippen LogP contribution in [0.25, 0.3) is 27.6 Å². The van der Waals surface area contributed by atoms with Gasteiger partial charge in [-0.1, -0.05) is 62.2 Å². The maximum absolute atomic E-state index is 13.3. The number of nitrogens with zero attached hydrogens (tertiary/aromatic N) is 6. The second kappa shape index (κ2) is 10.0. The van der Waals surface area contributed by atoms with Crippen LogP contribution in [-0.2, 0) is 18.8 Å². The van der Waals surface area contributed by atoms with Gasteiger partial charge in [0.05, 0.1) is 27.6 Å². The van der Waals surface area contributed by atoms with Crippen LogP contribution in [0, 0.1) is 0 Å². The van der Waals surface area contributed by atoms with Crippen LogP contribution in [0.1, 0.15) is 45.4 Å². The minimum Gasteiger partial charge on any atom is -0.287 e. The maximum atomic E-state index is 13.3. The van der Waals surface area contributed by atoms with E-state index in [1.54, 1.807) is 9.13 Å². The normalized spacial score (nSPS) is 11.7. The van der Waals surface area contributed by atoms with E-state index in [1.807, 2.05) is 59.9 Å². The van der Waals surface area contributed by atoms with Gasteiger partial charge in [-0.2, -0.15) is 0 Å². The highest BCUT2D eigenvalue weighted by molar-refractivity contribution is 7.98. The molecule has 0 saturated carbocycles. The first kappa shape index (κ1) is 23.3. The lowest BCUT2D eigenvalue weighted by Crippen LogP contribution is -2.23. The number of rotatable bonds is 9. The fourth-order valence-corrected chi connectivity index (χ4v) is 5.41. The van der Waals surface area contributed by atoms with Crippen LogP contribution >= 0.6 is 11.8 Å². The van der Waals surface area contributed by atoms with E-state index in [0.29, 0.717) is 51.9 Å². The van der Waals surface area contributed by atoms with Crippen LogP contribution in [0.15, 0.2) is 63.3 Å². The Bertz CT molecular complexity index is 1630. The SMILES string of the molecule is CCCCCCn1c(SCc2nnc3n(CC)c(=O)c4ccccc4n23)nc2ccccc2c1=O. The molecule has 2 aromatic carbocycles. The summed E-state index contributed by atoms with van der Waals surface area (Å²) < 4.78 is 5.38. The van der Waals surface area contributed by atoms with Crippen molar-refractivity contribution >= 4 is 39.3 Å². The van der Waals surface area contributed by atoms with Gasteiger partial charge in [0, 0.05) is 13.1 Å². The quantitative estimate of drug-likeness (QED) is 0.171. The van der Waals surface area contributed by atoms with E-state index >= 15 is 0 Å². The lowest BCUT2D eigenvalue weighted by molar-refractivity contribution is 0.531. The predicted octanol–water partition coefficient (Wildman–Crippen LogP) is 4.65. The van der Waals surface area contributed by atoms with Crippen LogP contribution in [0.4, 0.5) is 0 Å². The summed E-state index contributed by atoms with van der Waals surface area (Å²) in [6.45, 7) is 5.24. The molecule has 0 aliphatic rings. The molecule has 0 aliphatic carbocycles. The molecular weight excluding hydrogens is 460 g/mol. The fraction of sp³-hybridized carbons (Fsp3) is 0.346. The highest BCUT2D eigenvalue weighted by Crippen LogP contribution is 2.24. The Kier molecular flexibility index (Phi) is 6.68. The summed E-state index contributed by atoms with van der Waals surface area (Å²) in [5.41, 5.74) is 1.40. The molecule has 0 radical (unpaired) electrons. The Balaban J connectivity index is 1.56. The Hall–Kier alpha value is -3.46. The number of benzene rings is 2. The molecule has 35 heavy (non-hydrogen) atoms. The second-order valence-electron chi connectivity index (χ2n) is 8.54. The number of aryl methyl sites for hydroxylation is 1. The largest absolute Gasteiger partial charge is 0.287 e. The summed E-state index contributed by atoms with van der Waals surface area (Å²) in [6, 6.07) is 15.0. The van der Waals surface area contributed by atoms with Gasteiger partial charge in [0.25, 0.3) is 11.1 Å². The molecule has 0 saturated heterocycles. The van der Waals surface area contributed by atoms with E-state index in [9.17, 15) is 9.59 Å². The van der Waals surface area contributed by atoms with Crippen molar-refractivity contribution in [2.75, 3.05) is 0 Å². The molecule has 0 fully saturated rings. The third kappa shape index (κ3) is 4.25. The van der Waals surface area contributed by atoms with E-state index in [2.05, 4.69) is 17.1 Å². The van der Waals surface area contributed by atoms with Crippen molar-refractivity contribution in [1.29, 1.82) is 0 Å². The van der Waals surface area contributed by atoms with Crippen LogP contribution < -0.4 is 11.1 Å². The first-order valence-electron chi connectivity index (χ1n) is 12.1. The second-order valence-corrected chi connectivity index (χ2v) is 9.48. The van der Waals surface area contributed by atoms with Crippen LogP contribution in [0.3, 0.4) is 0 Å². The molecule has 0 N–H and O–H groups in total. The van der Waals surface area contributed by atoms with E-state index in [-0.39, 0.29) is 11.1 Å². The van der Waals surface area contributed by atoms with Crippen LogP contribution in [-0.4, -0.2) is 28.7 Å². The Labute approximate surface area is 206 Å². The molecule has 3 heterocycles. The molecular formula is C26H28N6O2S. The summed E-state index contributed by atoms with van der Waals surface area (Å²) in [7, 11) is 0. The molecule has 9 heteroatoms. The average molecular weight is 489 g/mol.